The van der Waals surface area contributed by atoms with E-state index in [9.17, 15) is 8.42 Å². The predicted octanol–water partition coefficient (Wildman–Crippen LogP) is 2.15. The molecule has 0 aromatic rings. The van der Waals surface area contributed by atoms with Gasteiger partial charge in [-0.1, -0.05) is 0 Å². The van der Waals surface area contributed by atoms with E-state index in [0.717, 1.165) is 6.29 Å². The molecule has 0 bridgehead atoms. The molecule has 7 heteroatoms. The molecule has 0 aliphatic heterocycles. The van der Waals surface area contributed by atoms with Gasteiger partial charge < -0.3 is 4.79 Å². The molecule has 0 spiro atoms. The molecule has 0 rings (SSSR count). The zero-order chi connectivity index (χ0) is 16.3. The van der Waals surface area contributed by atoms with Crippen molar-refractivity contribution in [3.05, 3.63) is 0 Å². The molecule has 2 N–H and O–H groups in total. The van der Waals surface area contributed by atoms with Gasteiger partial charge in [0.25, 0.3) is 0 Å². The zero-order valence-electron chi connectivity index (χ0n) is 13.2. The van der Waals surface area contributed by atoms with Gasteiger partial charge in [0.2, 0.25) is 0 Å². The standard InChI is InChI=1S/C6H13NOS.C4H11NOS.C2H4O/c1-5-7-9(8)6(2,3)4;1-4(2,3)7(5)6;1-2-3/h5H,1-4H3;5H2,1-3H3;2H,1H3/t9-;7-;/m00./s1. The lowest BCUT2D eigenvalue weighted by molar-refractivity contribution is -0.106. The Bertz CT molecular complexity index is 316. The molecule has 0 amide bonds. The third-order valence-electron chi connectivity index (χ3n) is 1.33. The number of nitrogens with two attached hydrogens (primary N) is 1. The van der Waals surface area contributed by atoms with Crippen LogP contribution in [0.5, 0.6) is 0 Å². The number of carbonyl (C=O) groups excluding carboxylic acids is 1. The van der Waals surface area contributed by atoms with E-state index in [4.69, 9.17) is 9.93 Å². The summed E-state index contributed by atoms with van der Waals surface area (Å²) in [6, 6.07) is 0. The van der Waals surface area contributed by atoms with Crippen LogP contribution in [-0.4, -0.2) is 30.4 Å². The monoisotopic (exact) mass is 312 g/mol. The molecule has 2 atom stereocenters. The van der Waals surface area contributed by atoms with Crippen LogP contribution in [0, 0.1) is 0 Å². The maximum Gasteiger partial charge on any atom is 0.144 e. The van der Waals surface area contributed by atoms with E-state index in [1.54, 1.807) is 13.1 Å². The largest absolute Gasteiger partial charge is 0.304 e. The second-order valence-electron chi connectivity index (χ2n) is 5.37. The molecule has 0 radical (unpaired) electrons. The van der Waals surface area contributed by atoms with Gasteiger partial charge in [0, 0.05) is 6.21 Å². The summed E-state index contributed by atoms with van der Waals surface area (Å²) in [4.78, 5) is 8.81. The quantitative estimate of drug-likeness (QED) is 0.594. The lowest BCUT2D eigenvalue weighted by Crippen LogP contribution is -2.27. The molecule has 116 valence electrons. The van der Waals surface area contributed by atoms with E-state index in [-0.39, 0.29) is 9.49 Å². The van der Waals surface area contributed by atoms with Crippen molar-refractivity contribution < 1.29 is 13.2 Å². The molecule has 0 saturated carbocycles. The highest BCUT2D eigenvalue weighted by molar-refractivity contribution is 7.85. The van der Waals surface area contributed by atoms with E-state index < -0.39 is 22.0 Å². The van der Waals surface area contributed by atoms with Gasteiger partial charge in [0.05, 0.1) is 20.5 Å². The first-order chi connectivity index (χ1) is 8.34. The molecular formula is C12H28N2O3S2. The van der Waals surface area contributed by atoms with Crippen LogP contribution in [0.2, 0.25) is 0 Å². The zero-order valence-corrected chi connectivity index (χ0v) is 14.9. The van der Waals surface area contributed by atoms with E-state index in [0.29, 0.717) is 0 Å². The molecule has 0 aliphatic rings. The first kappa shape index (κ1) is 23.7. The second kappa shape index (κ2) is 11.4. The fourth-order valence-electron chi connectivity index (χ4n) is 0.254. The molecule has 0 aliphatic carbocycles. The van der Waals surface area contributed by atoms with Crippen LogP contribution in [-0.2, 0) is 26.8 Å². The lowest BCUT2D eigenvalue weighted by atomic mass is 10.3. The highest BCUT2D eigenvalue weighted by atomic mass is 32.2. The minimum atomic E-state index is -1.18. The highest BCUT2D eigenvalue weighted by Crippen LogP contribution is 2.11. The first-order valence-corrected chi connectivity index (χ1v) is 8.13. The van der Waals surface area contributed by atoms with E-state index in [1.165, 1.54) is 6.92 Å². The van der Waals surface area contributed by atoms with Crippen LogP contribution in [0.3, 0.4) is 0 Å². The van der Waals surface area contributed by atoms with Crippen molar-refractivity contribution in [3.8, 4) is 0 Å². The van der Waals surface area contributed by atoms with Crippen LogP contribution in [0.15, 0.2) is 4.40 Å². The third kappa shape index (κ3) is 20.1. The van der Waals surface area contributed by atoms with Crippen molar-refractivity contribution in [2.24, 2.45) is 9.54 Å². The van der Waals surface area contributed by atoms with Crippen molar-refractivity contribution in [2.75, 3.05) is 0 Å². The second-order valence-corrected chi connectivity index (χ2v) is 9.12. The Morgan fingerprint density at radius 1 is 0.947 bits per heavy atom. The smallest absolute Gasteiger partial charge is 0.144 e. The van der Waals surface area contributed by atoms with Gasteiger partial charge in [-0.25, -0.2) is 8.42 Å². The van der Waals surface area contributed by atoms with Gasteiger partial charge in [0.1, 0.15) is 17.3 Å². The highest BCUT2D eigenvalue weighted by Gasteiger charge is 2.17. The van der Waals surface area contributed by atoms with Gasteiger partial charge in [-0.3, -0.25) is 5.14 Å². The summed E-state index contributed by atoms with van der Waals surface area (Å²) in [5, 5.41) is 5.04. The van der Waals surface area contributed by atoms with E-state index >= 15 is 0 Å². The summed E-state index contributed by atoms with van der Waals surface area (Å²) in [5.74, 6) is 0. The predicted molar refractivity (Wildman–Crippen MR) is 85.9 cm³/mol. The number of rotatable bonds is 1. The number of hydrogen-bond donors (Lipinski definition) is 1. The summed E-state index contributed by atoms with van der Waals surface area (Å²) in [7, 11) is -2.25. The Balaban J connectivity index is -0.000000228. The van der Waals surface area contributed by atoms with Crippen LogP contribution in [0.4, 0.5) is 0 Å². The average Bonchev–Trinajstić information content (AvgIpc) is 2.17. The summed E-state index contributed by atoms with van der Waals surface area (Å²) < 4.78 is 24.6. The van der Waals surface area contributed by atoms with Gasteiger partial charge in [-0.05, 0) is 55.4 Å². The van der Waals surface area contributed by atoms with Gasteiger partial charge >= 0.3 is 0 Å². The number of aldehydes is 1. The molecule has 19 heavy (non-hydrogen) atoms. The Morgan fingerprint density at radius 2 is 1.21 bits per heavy atom. The molecule has 0 fully saturated rings. The molecule has 5 nitrogen and oxygen atoms in total. The van der Waals surface area contributed by atoms with Crippen molar-refractivity contribution in [1.82, 2.24) is 0 Å². The maximum atomic E-state index is 11.0. The van der Waals surface area contributed by atoms with Crippen molar-refractivity contribution in [2.45, 2.75) is 64.9 Å². The van der Waals surface area contributed by atoms with E-state index in [2.05, 4.69) is 4.40 Å². The topological polar surface area (TPSA) is 89.6 Å². The fourth-order valence-corrected chi connectivity index (χ4v) is 0.762. The SMILES string of the molecule is CC(C)(C)[S@@](N)=O.CC=N[S@@](=O)C(C)(C)C.CC=O. The Labute approximate surface area is 122 Å². The Morgan fingerprint density at radius 3 is 1.26 bits per heavy atom. The maximum absolute atomic E-state index is 11.0. The molecule has 0 unspecified atom stereocenters. The van der Waals surface area contributed by atoms with Crippen molar-refractivity contribution >= 4 is 34.5 Å². The van der Waals surface area contributed by atoms with Gasteiger partial charge in [-0.15, -0.1) is 0 Å². The number of hydrogen-bond acceptors (Lipinski definition) is 3. The van der Waals surface area contributed by atoms with Crippen molar-refractivity contribution in [1.29, 1.82) is 0 Å². The molecule has 0 aromatic heterocycles. The summed E-state index contributed by atoms with van der Waals surface area (Å²) in [6.07, 6.45) is 2.32. The van der Waals surface area contributed by atoms with Crippen LogP contribution in [0.25, 0.3) is 0 Å². The first-order valence-electron chi connectivity index (χ1n) is 5.81. The minimum Gasteiger partial charge on any atom is -0.304 e. The Hall–Kier alpha value is -0.400. The van der Waals surface area contributed by atoms with Crippen LogP contribution < -0.4 is 5.14 Å². The number of nitrogens with zero attached hydrogens (tertiary/aromatic N) is 1. The molecule has 0 saturated heterocycles. The molecule has 0 aromatic carbocycles. The van der Waals surface area contributed by atoms with Crippen LogP contribution in [0.1, 0.15) is 55.4 Å². The van der Waals surface area contributed by atoms with Gasteiger partial charge in [0.15, 0.2) is 0 Å². The van der Waals surface area contributed by atoms with Crippen LogP contribution >= 0.6 is 0 Å². The van der Waals surface area contributed by atoms with Gasteiger partial charge in [-0.2, -0.15) is 4.40 Å². The normalized spacial score (nSPS) is 14.6. The minimum absolute atomic E-state index is 0.216. The summed E-state index contributed by atoms with van der Waals surface area (Å²) >= 11 is 0. The lowest BCUT2D eigenvalue weighted by Gasteiger charge is -2.12. The number of carbonyl (C=O) groups is 1. The summed E-state index contributed by atoms with van der Waals surface area (Å²) in [6.45, 7) is 14.4. The average molecular weight is 313 g/mol. The third-order valence-corrected chi connectivity index (χ3v) is 3.99. The fraction of sp³-hybridized carbons (Fsp3) is 0.833. The Kier molecular flexibility index (Phi) is 14.2. The molecule has 0 heterocycles. The molecular weight excluding hydrogens is 284 g/mol. The van der Waals surface area contributed by atoms with Crippen molar-refractivity contribution in [3.63, 3.8) is 0 Å². The summed E-state index contributed by atoms with van der Waals surface area (Å²) in [5.41, 5.74) is 0. The van der Waals surface area contributed by atoms with E-state index in [1.807, 2.05) is 41.5 Å².